The maximum Gasteiger partial charge on any atom is 0.348 e. The Hall–Kier alpha value is -2.96. The van der Waals surface area contributed by atoms with Crippen LogP contribution in [0.25, 0.3) is 0 Å². The second-order valence-electron chi connectivity index (χ2n) is 6.43. The first kappa shape index (κ1) is 17.8. The molecule has 26 heavy (non-hydrogen) atoms. The van der Waals surface area contributed by atoms with E-state index in [1.807, 2.05) is 43.3 Å². The number of anilines is 1. The van der Waals surface area contributed by atoms with E-state index in [9.17, 15) is 14.4 Å². The van der Waals surface area contributed by atoms with Gasteiger partial charge >= 0.3 is 5.69 Å². The van der Waals surface area contributed by atoms with Crippen LogP contribution < -0.4 is 15.9 Å². The van der Waals surface area contributed by atoms with Crippen molar-refractivity contribution in [3.8, 4) is 0 Å². The van der Waals surface area contributed by atoms with E-state index in [1.54, 1.807) is 11.8 Å². The third kappa shape index (κ3) is 3.66. The second-order valence-corrected chi connectivity index (χ2v) is 6.43. The number of nitrogens with zero attached hydrogens (tertiary/aromatic N) is 3. The average molecular weight is 354 g/mol. The molecule has 3 rings (SSSR count). The topological polar surface area (TPSA) is 84.3 Å². The van der Waals surface area contributed by atoms with Crippen LogP contribution in [0.15, 0.2) is 41.2 Å². The van der Waals surface area contributed by atoms with E-state index in [0.717, 1.165) is 11.4 Å². The zero-order chi connectivity index (χ0) is 18.7. The molecule has 136 valence electrons. The molecule has 0 bridgehead atoms. The van der Waals surface area contributed by atoms with Gasteiger partial charge in [0, 0.05) is 36.7 Å². The predicted molar refractivity (Wildman–Crippen MR) is 97.9 cm³/mol. The van der Waals surface area contributed by atoms with Gasteiger partial charge in [-0.15, -0.1) is 0 Å². The summed E-state index contributed by atoms with van der Waals surface area (Å²) >= 11 is 0. The number of nitrogens with one attached hydrogen (secondary N) is 1. The largest absolute Gasteiger partial charge is 0.354 e. The Balaban J connectivity index is 1.58. The summed E-state index contributed by atoms with van der Waals surface area (Å²) in [6.07, 6.45) is 0.491. The number of aromatic nitrogens is 2. The number of amides is 2. The quantitative estimate of drug-likeness (QED) is 0.813. The molecule has 2 aromatic rings. The van der Waals surface area contributed by atoms with Crippen LogP contribution in [0.5, 0.6) is 0 Å². The van der Waals surface area contributed by atoms with Crippen molar-refractivity contribution < 1.29 is 9.59 Å². The van der Waals surface area contributed by atoms with E-state index in [2.05, 4.69) is 10.3 Å². The molecular weight excluding hydrogens is 332 g/mol. The fourth-order valence-corrected chi connectivity index (χ4v) is 3.25. The summed E-state index contributed by atoms with van der Waals surface area (Å²) in [6.45, 7) is 4.73. The van der Waals surface area contributed by atoms with Crippen LogP contribution >= 0.6 is 0 Å². The predicted octanol–water partition coefficient (Wildman–Crippen LogP) is 1.03. The summed E-state index contributed by atoms with van der Waals surface area (Å²) in [5.74, 6) is -1.15. The summed E-state index contributed by atoms with van der Waals surface area (Å²) < 4.78 is 1.51. The molecule has 1 aliphatic heterocycles. The zero-order valence-corrected chi connectivity index (χ0v) is 14.9. The maximum atomic E-state index is 12.5. The van der Waals surface area contributed by atoms with Crippen molar-refractivity contribution in [3.05, 3.63) is 58.3 Å². The molecule has 1 aromatic carbocycles. The number of carbonyl (C=O) groups excluding carboxylic acids is 2. The van der Waals surface area contributed by atoms with E-state index in [0.29, 0.717) is 25.2 Å². The molecule has 0 aliphatic carbocycles. The minimum atomic E-state index is -0.677. The average Bonchev–Trinajstić information content (AvgIpc) is 2.99. The van der Waals surface area contributed by atoms with Crippen molar-refractivity contribution in [2.75, 3.05) is 18.0 Å². The van der Waals surface area contributed by atoms with Crippen LogP contribution in [0.2, 0.25) is 0 Å². The highest BCUT2D eigenvalue weighted by atomic mass is 16.2. The van der Waals surface area contributed by atoms with Crippen LogP contribution in [-0.4, -0.2) is 34.5 Å². The standard InChI is InChI=1S/C19H22N4O3/c1-13-12-14(2)22(19(26)21-13)11-9-20-17(24)16-8-10-23(18(16)25)15-6-4-3-5-7-15/h3-7,12,16H,8-11H2,1-2H3,(H,20,24)/t16-/m0/s1. The van der Waals surface area contributed by atoms with Gasteiger partial charge in [-0.2, -0.15) is 4.98 Å². The molecule has 2 amide bonds. The summed E-state index contributed by atoms with van der Waals surface area (Å²) in [5, 5.41) is 2.77. The molecule has 7 heteroatoms. The SMILES string of the molecule is Cc1cc(C)n(CCNC(=O)[C@@H]2CCN(c3ccccc3)C2=O)c(=O)n1. The smallest absolute Gasteiger partial charge is 0.348 e. The van der Waals surface area contributed by atoms with E-state index in [4.69, 9.17) is 0 Å². The monoisotopic (exact) mass is 354 g/mol. The van der Waals surface area contributed by atoms with Crippen molar-refractivity contribution >= 4 is 17.5 Å². The van der Waals surface area contributed by atoms with Crippen molar-refractivity contribution in [2.45, 2.75) is 26.8 Å². The van der Waals surface area contributed by atoms with E-state index in [1.165, 1.54) is 4.57 Å². The van der Waals surface area contributed by atoms with Crippen molar-refractivity contribution in [1.29, 1.82) is 0 Å². The Kier molecular flexibility index (Phi) is 5.16. The third-order valence-corrected chi connectivity index (χ3v) is 4.57. The lowest BCUT2D eigenvalue weighted by Crippen LogP contribution is -2.39. The molecule has 0 saturated carbocycles. The fourth-order valence-electron chi connectivity index (χ4n) is 3.25. The second kappa shape index (κ2) is 7.51. The molecule has 0 spiro atoms. The number of hydrogen-bond donors (Lipinski definition) is 1. The van der Waals surface area contributed by atoms with Gasteiger partial charge in [-0.25, -0.2) is 4.79 Å². The Labute approximate surface area is 151 Å². The fraction of sp³-hybridized carbons (Fsp3) is 0.368. The number of carbonyl (C=O) groups is 2. The van der Waals surface area contributed by atoms with Crippen molar-refractivity contribution in [3.63, 3.8) is 0 Å². The highest BCUT2D eigenvalue weighted by Gasteiger charge is 2.37. The molecule has 1 N–H and O–H groups in total. The maximum absolute atomic E-state index is 12.5. The van der Waals surface area contributed by atoms with E-state index < -0.39 is 5.92 Å². The highest BCUT2D eigenvalue weighted by Crippen LogP contribution is 2.24. The lowest BCUT2D eigenvalue weighted by molar-refractivity contribution is -0.132. The Bertz CT molecular complexity index is 876. The summed E-state index contributed by atoms with van der Waals surface area (Å²) in [5.41, 5.74) is 1.94. The van der Waals surface area contributed by atoms with Crippen LogP contribution in [-0.2, 0) is 16.1 Å². The third-order valence-electron chi connectivity index (χ3n) is 4.57. The number of benzene rings is 1. The van der Waals surface area contributed by atoms with Gasteiger partial charge in [0.2, 0.25) is 11.8 Å². The molecule has 1 aromatic heterocycles. The first-order chi connectivity index (χ1) is 12.5. The lowest BCUT2D eigenvalue weighted by atomic mass is 10.1. The van der Waals surface area contributed by atoms with Gasteiger partial charge in [0.05, 0.1) is 0 Å². The van der Waals surface area contributed by atoms with Crippen LogP contribution in [0.1, 0.15) is 17.8 Å². The molecule has 0 radical (unpaired) electrons. The number of para-hydroxylation sites is 1. The van der Waals surface area contributed by atoms with Crippen LogP contribution in [0, 0.1) is 19.8 Å². The Morgan fingerprint density at radius 1 is 1.23 bits per heavy atom. The van der Waals surface area contributed by atoms with E-state index >= 15 is 0 Å². The van der Waals surface area contributed by atoms with Gasteiger partial charge in [0.15, 0.2) is 0 Å². The molecular formula is C19H22N4O3. The number of rotatable bonds is 5. The van der Waals surface area contributed by atoms with Crippen molar-refractivity contribution in [1.82, 2.24) is 14.9 Å². The molecule has 1 fully saturated rings. The highest BCUT2D eigenvalue weighted by molar-refractivity contribution is 6.09. The zero-order valence-electron chi connectivity index (χ0n) is 14.9. The first-order valence-corrected chi connectivity index (χ1v) is 8.66. The Morgan fingerprint density at radius 3 is 2.65 bits per heavy atom. The van der Waals surface area contributed by atoms with Gasteiger partial charge in [0.25, 0.3) is 0 Å². The lowest BCUT2D eigenvalue weighted by Gasteiger charge is -2.16. The van der Waals surface area contributed by atoms with Gasteiger partial charge in [0.1, 0.15) is 5.92 Å². The molecule has 1 aliphatic rings. The summed E-state index contributed by atoms with van der Waals surface area (Å²) in [7, 11) is 0. The van der Waals surface area contributed by atoms with Gasteiger partial charge < -0.3 is 10.2 Å². The Morgan fingerprint density at radius 2 is 1.96 bits per heavy atom. The van der Waals surface area contributed by atoms with E-state index in [-0.39, 0.29) is 24.0 Å². The first-order valence-electron chi connectivity index (χ1n) is 8.66. The minimum absolute atomic E-state index is 0.181. The molecule has 7 nitrogen and oxygen atoms in total. The normalized spacial score (nSPS) is 16.8. The summed E-state index contributed by atoms with van der Waals surface area (Å²) in [6, 6.07) is 11.2. The van der Waals surface area contributed by atoms with Crippen LogP contribution in [0.3, 0.4) is 0 Å². The molecule has 1 saturated heterocycles. The molecule has 2 heterocycles. The summed E-state index contributed by atoms with van der Waals surface area (Å²) in [4.78, 5) is 42.4. The number of aryl methyl sites for hydroxylation is 2. The minimum Gasteiger partial charge on any atom is -0.354 e. The van der Waals surface area contributed by atoms with Crippen LogP contribution in [0.4, 0.5) is 5.69 Å². The van der Waals surface area contributed by atoms with Crippen molar-refractivity contribution in [2.24, 2.45) is 5.92 Å². The van der Waals surface area contributed by atoms with Gasteiger partial charge in [-0.3, -0.25) is 14.2 Å². The molecule has 0 unspecified atom stereocenters. The van der Waals surface area contributed by atoms with Gasteiger partial charge in [-0.05, 0) is 38.5 Å². The number of hydrogen-bond acceptors (Lipinski definition) is 4. The van der Waals surface area contributed by atoms with Gasteiger partial charge in [-0.1, -0.05) is 18.2 Å². The molecule has 1 atom stereocenters.